The number of thiophene rings is 1. The number of nitrogens with zero attached hydrogens (tertiary/aromatic N) is 3. The molecular weight excluding hydrogens is 278 g/mol. The van der Waals surface area contributed by atoms with Gasteiger partial charge in [0.1, 0.15) is 5.01 Å². The van der Waals surface area contributed by atoms with Gasteiger partial charge in [-0.15, -0.1) is 21.5 Å². The fourth-order valence-corrected chi connectivity index (χ4v) is 3.66. The maximum absolute atomic E-state index is 5.75. The van der Waals surface area contributed by atoms with Gasteiger partial charge in [-0.1, -0.05) is 17.4 Å². The minimum absolute atomic E-state index is 0.337. The summed E-state index contributed by atoms with van der Waals surface area (Å²) < 4.78 is 5.75. The first-order chi connectivity index (χ1) is 9.31. The molecule has 2 aromatic heterocycles. The molecule has 102 valence electrons. The lowest BCUT2D eigenvalue weighted by Gasteiger charge is -2.23. The minimum atomic E-state index is 0.337. The number of anilines is 1. The van der Waals surface area contributed by atoms with Crippen molar-refractivity contribution < 1.29 is 4.74 Å². The van der Waals surface area contributed by atoms with Crippen LogP contribution in [0, 0.1) is 6.92 Å². The van der Waals surface area contributed by atoms with E-state index in [-0.39, 0.29) is 0 Å². The molecule has 2 aromatic rings. The van der Waals surface area contributed by atoms with E-state index in [0.29, 0.717) is 6.10 Å². The van der Waals surface area contributed by atoms with Crippen molar-refractivity contribution in [2.45, 2.75) is 32.4 Å². The van der Waals surface area contributed by atoms with E-state index in [1.165, 1.54) is 11.3 Å². The second kappa shape index (κ2) is 5.98. The molecular formula is C13H17N3OS2. The van der Waals surface area contributed by atoms with Crippen LogP contribution in [0.25, 0.3) is 0 Å². The highest BCUT2D eigenvalue weighted by molar-refractivity contribution is 7.15. The predicted molar refractivity (Wildman–Crippen MR) is 79.0 cm³/mol. The van der Waals surface area contributed by atoms with Gasteiger partial charge in [-0.25, -0.2) is 0 Å². The van der Waals surface area contributed by atoms with Gasteiger partial charge >= 0.3 is 0 Å². The smallest absolute Gasteiger partial charge is 0.208 e. The average molecular weight is 295 g/mol. The van der Waals surface area contributed by atoms with Crippen molar-refractivity contribution in [2.75, 3.05) is 18.1 Å². The maximum Gasteiger partial charge on any atom is 0.208 e. The zero-order valence-corrected chi connectivity index (χ0v) is 12.5. The van der Waals surface area contributed by atoms with Crippen LogP contribution in [0.4, 0.5) is 5.13 Å². The molecule has 0 saturated carbocycles. The molecule has 0 radical (unpaired) electrons. The maximum atomic E-state index is 5.75. The van der Waals surface area contributed by atoms with E-state index in [2.05, 4.69) is 32.6 Å². The number of aryl methyl sites for hydroxylation is 1. The molecule has 0 aliphatic carbocycles. The van der Waals surface area contributed by atoms with Crippen LogP contribution in [0.15, 0.2) is 17.5 Å². The summed E-state index contributed by atoms with van der Waals surface area (Å²) in [6.07, 6.45) is 2.66. The molecule has 0 amide bonds. The first-order valence-electron chi connectivity index (χ1n) is 6.50. The molecule has 4 nitrogen and oxygen atoms in total. The lowest BCUT2D eigenvalue weighted by molar-refractivity contribution is 0.115. The minimum Gasteiger partial charge on any atom is -0.376 e. The number of hydrogen-bond acceptors (Lipinski definition) is 6. The van der Waals surface area contributed by atoms with Crippen LogP contribution in [0.1, 0.15) is 22.7 Å². The fourth-order valence-electron chi connectivity index (χ4n) is 2.25. The number of aromatic nitrogens is 2. The Kier molecular flexibility index (Phi) is 4.10. The summed E-state index contributed by atoms with van der Waals surface area (Å²) in [5.74, 6) is 0. The Morgan fingerprint density at radius 2 is 2.42 bits per heavy atom. The Bertz CT molecular complexity index is 506. The van der Waals surface area contributed by atoms with Gasteiger partial charge in [-0.05, 0) is 31.2 Å². The highest BCUT2D eigenvalue weighted by atomic mass is 32.1. The van der Waals surface area contributed by atoms with Crippen LogP contribution in [0.2, 0.25) is 0 Å². The first kappa shape index (κ1) is 13.0. The van der Waals surface area contributed by atoms with Crippen molar-refractivity contribution in [2.24, 2.45) is 0 Å². The predicted octanol–water partition coefficient (Wildman–Crippen LogP) is 3.09. The summed E-state index contributed by atoms with van der Waals surface area (Å²) in [7, 11) is 0. The highest BCUT2D eigenvalue weighted by Crippen LogP contribution is 2.25. The average Bonchev–Trinajstić information content (AvgIpc) is 3.09. The Hall–Kier alpha value is -0.980. The van der Waals surface area contributed by atoms with Gasteiger partial charge in [-0.2, -0.15) is 0 Å². The molecule has 1 fully saturated rings. The third kappa shape index (κ3) is 3.32. The second-order valence-electron chi connectivity index (χ2n) is 4.70. The highest BCUT2D eigenvalue weighted by Gasteiger charge is 2.21. The Balaban J connectivity index is 1.74. The van der Waals surface area contributed by atoms with Crippen LogP contribution < -0.4 is 4.90 Å². The zero-order valence-electron chi connectivity index (χ0n) is 10.9. The molecule has 0 bridgehead atoms. The van der Waals surface area contributed by atoms with Crippen LogP contribution in [-0.2, 0) is 11.3 Å². The number of ether oxygens (including phenoxy) is 1. The van der Waals surface area contributed by atoms with Crippen LogP contribution in [0.5, 0.6) is 0 Å². The van der Waals surface area contributed by atoms with E-state index >= 15 is 0 Å². The van der Waals surface area contributed by atoms with Crippen molar-refractivity contribution in [1.29, 1.82) is 0 Å². The van der Waals surface area contributed by atoms with Crippen molar-refractivity contribution in [3.63, 3.8) is 0 Å². The molecule has 0 unspecified atom stereocenters. The molecule has 3 rings (SSSR count). The lowest BCUT2D eigenvalue weighted by Crippen LogP contribution is -2.31. The van der Waals surface area contributed by atoms with Crippen LogP contribution >= 0.6 is 22.7 Å². The number of rotatable bonds is 5. The summed E-state index contributed by atoms with van der Waals surface area (Å²) in [6.45, 7) is 4.70. The SMILES string of the molecule is Cc1nnc(N(Cc2cccs2)C[C@@H]2CCCO2)s1. The molecule has 1 aliphatic rings. The van der Waals surface area contributed by atoms with Crippen LogP contribution in [-0.4, -0.2) is 29.5 Å². The van der Waals surface area contributed by atoms with E-state index in [0.717, 1.165) is 36.3 Å². The molecule has 6 heteroatoms. The van der Waals surface area contributed by atoms with Gasteiger partial charge in [0.25, 0.3) is 0 Å². The van der Waals surface area contributed by atoms with Crippen LogP contribution in [0.3, 0.4) is 0 Å². The summed E-state index contributed by atoms with van der Waals surface area (Å²) in [4.78, 5) is 3.65. The lowest BCUT2D eigenvalue weighted by atomic mass is 10.2. The van der Waals surface area contributed by atoms with Crippen molar-refractivity contribution >= 4 is 27.8 Å². The monoisotopic (exact) mass is 295 g/mol. The van der Waals surface area contributed by atoms with Gasteiger partial charge < -0.3 is 9.64 Å². The number of hydrogen-bond donors (Lipinski definition) is 0. The molecule has 3 heterocycles. The Morgan fingerprint density at radius 1 is 1.47 bits per heavy atom. The standard InChI is InChI=1S/C13H17N3OS2/c1-10-14-15-13(19-10)16(8-11-4-2-6-17-11)9-12-5-3-7-18-12/h3,5,7,11H,2,4,6,8-9H2,1H3/t11-/m0/s1. The Morgan fingerprint density at radius 3 is 3.05 bits per heavy atom. The molecule has 0 spiro atoms. The Labute approximate surface area is 121 Å². The van der Waals surface area contributed by atoms with Crippen molar-refractivity contribution in [1.82, 2.24) is 10.2 Å². The largest absolute Gasteiger partial charge is 0.376 e. The van der Waals surface area contributed by atoms with E-state index in [1.54, 1.807) is 22.7 Å². The first-order valence-corrected chi connectivity index (χ1v) is 8.20. The third-order valence-corrected chi connectivity index (χ3v) is 4.92. The van der Waals surface area contributed by atoms with Gasteiger partial charge in [0, 0.05) is 18.0 Å². The van der Waals surface area contributed by atoms with Gasteiger partial charge in [0.15, 0.2) is 0 Å². The van der Waals surface area contributed by atoms with E-state index in [9.17, 15) is 0 Å². The normalized spacial score (nSPS) is 18.9. The van der Waals surface area contributed by atoms with Crippen molar-refractivity contribution in [3.8, 4) is 0 Å². The molecule has 19 heavy (non-hydrogen) atoms. The van der Waals surface area contributed by atoms with Gasteiger partial charge in [0.2, 0.25) is 5.13 Å². The molecule has 1 aliphatic heterocycles. The fraction of sp³-hybridized carbons (Fsp3) is 0.538. The van der Waals surface area contributed by atoms with Crippen molar-refractivity contribution in [3.05, 3.63) is 27.4 Å². The topological polar surface area (TPSA) is 38.2 Å². The molecule has 0 aromatic carbocycles. The molecule has 1 atom stereocenters. The van der Waals surface area contributed by atoms with E-state index in [4.69, 9.17) is 4.74 Å². The summed E-state index contributed by atoms with van der Waals surface area (Å²) >= 11 is 3.44. The van der Waals surface area contributed by atoms with E-state index in [1.807, 2.05) is 6.92 Å². The molecule has 0 N–H and O–H groups in total. The summed E-state index contributed by atoms with van der Waals surface area (Å²) in [6, 6.07) is 4.26. The zero-order chi connectivity index (χ0) is 13.1. The quantitative estimate of drug-likeness (QED) is 0.849. The second-order valence-corrected chi connectivity index (χ2v) is 6.89. The summed E-state index contributed by atoms with van der Waals surface area (Å²) in [5, 5.41) is 12.5. The third-order valence-electron chi connectivity index (χ3n) is 3.16. The van der Waals surface area contributed by atoms with E-state index < -0.39 is 0 Å². The van der Waals surface area contributed by atoms with Gasteiger partial charge in [0.05, 0.1) is 12.6 Å². The molecule has 1 saturated heterocycles. The van der Waals surface area contributed by atoms with Gasteiger partial charge in [-0.3, -0.25) is 0 Å². The summed E-state index contributed by atoms with van der Waals surface area (Å²) in [5.41, 5.74) is 0.